The average Bonchev–Trinajstić information content (AvgIpc) is 1.60. The molecular weight excluding hydrogens is 210 g/mol. The highest BCUT2D eigenvalue weighted by Gasteiger charge is 2.19. The van der Waals surface area contributed by atoms with Crippen LogP contribution in [0.25, 0.3) is 0 Å². The van der Waals surface area contributed by atoms with Crippen LogP contribution in [0.2, 0.25) is 0 Å². The zero-order chi connectivity index (χ0) is 8.36. The molecule has 10 heavy (non-hydrogen) atoms. The predicted octanol–water partition coefficient (Wildman–Crippen LogP) is 1.21. The summed E-state index contributed by atoms with van der Waals surface area (Å²) in [5.41, 5.74) is -0.141. The molecule has 62 valence electrons. The van der Waals surface area contributed by atoms with Crippen LogP contribution in [0.3, 0.4) is 0 Å². The van der Waals surface area contributed by atoms with Gasteiger partial charge in [-0.15, -0.1) is 0 Å². The van der Waals surface area contributed by atoms with Crippen molar-refractivity contribution >= 4 is 37.3 Å². The fourth-order valence-corrected chi connectivity index (χ4v) is 4.04. The van der Waals surface area contributed by atoms with Gasteiger partial charge < -0.3 is 9.79 Å². The van der Waals surface area contributed by atoms with Gasteiger partial charge in [0, 0.05) is 5.66 Å². The van der Waals surface area contributed by atoms with Crippen LogP contribution in [0.15, 0.2) is 0 Å². The van der Waals surface area contributed by atoms with Crippen molar-refractivity contribution in [3.63, 3.8) is 0 Å². The van der Waals surface area contributed by atoms with Gasteiger partial charge in [-0.2, -0.15) is 0 Å². The Labute approximate surface area is 71.2 Å². The van der Waals surface area contributed by atoms with Gasteiger partial charge in [0.25, 0.3) is 0 Å². The summed E-state index contributed by atoms with van der Waals surface area (Å²) < 4.78 is 4.65. The van der Waals surface area contributed by atoms with E-state index >= 15 is 0 Å². The Balaban J connectivity index is 4.14. The smallest absolute Gasteiger partial charge is 0.194 e. The highest BCUT2D eigenvalue weighted by Crippen LogP contribution is 2.53. The molecule has 2 atom stereocenters. The first-order chi connectivity index (χ1) is 4.36. The van der Waals surface area contributed by atoms with Gasteiger partial charge >= 0.3 is 0 Å². The van der Waals surface area contributed by atoms with Crippen molar-refractivity contribution in [2.75, 3.05) is 0 Å². The van der Waals surface area contributed by atoms with Crippen LogP contribution in [0, 0.1) is 0 Å². The molecule has 0 aromatic rings. The summed E-state index contributed by atoms with van der Waals surface area (Å²) in [7, 11) is -2.26. The first kappa shape index (κ1) is 11.2. The van der Waals surface area contributed by atoms with E-state index in [0.717, 1.165) is 0 Å². The number of rotatable bonds is 3. The van der Waals surface area contributed by atoms with Crippen molar-refractivity contribution in [2.24, 2.45) is 0 Å². The second-order valence-corrected chi connectivity index (χ2v) is 8.06. The Morgan fingerprint density at radius 3 is 2.10 bits per heavy atom. The maximum atomic E-state index is 9.26. The van der Waals surface area contributed by atoms with E-state index in [1.165, 1.54) is 0 Å². The predicted molar refractivity (Wildman–Crippen MR) is 50.6 cm³/mol. The molecule has 0 saturated heterocycles. The van der Waals surface area contributed by atoms with E-state index in [0.29, 0.717) is 0 Å². The quantitative estimate of drug-likeness (QED) is 0.700. The number of hydrogen-bond acceptors (Lipinski definition) is 3. The first-order valence-corrected chi connectivity index (χ1v) is 7.84. The monoisotopic (exact) mass is 220 g/mol. The average molecular weight is 220 g/mol. The first-order valence-electron chi connectivity index (χ1n) is 2.61. The van der Waals surface area contributed by atoms with Gasteiger partial charge in [0.1, 0.15) is 0 Å². The molecule has 0 heterocycles. The fraction of sp³-hybridized carbons (Fsp3) is 1.00. The second kappa shape index (κ2) is 4.27. The maximum absolute atomic E-state index is 9.26. The van der Waals surface area contributed by atoms with Gasteiger partial charge in [-0.1, -0.05) is 13.8 Å². The molecule has 0 rings (SSSR count). The van der Waals surface area contributed by atoms with Gasteiger partial charge in [-0.3, -0.25) is 4.31 Å². The fourth-order valence-electron chi connectivity index (χ4n) is 0.217. The topological polar surface area (TPSA) is 49.7 Å². The Morgan fingerprint density at radius 2 is 2.00 bits per heavy atom. The lowest BCUT2D eigenvalue weighted by molar-refractivity contribution is 0.462. The zero-order valence-corrected chi connectivity index (χ0v) is 9.17. The lowest BCUT2D eigenvalue weighted by atomic mass is 10.6. The minimum absolute atomic E-state index is 0.141. The summed E-state index contributed by atoms with van der Waals surface area (Å²) in [6.07, 6.45) is 0. The van der Waals surface area contributed by atoms with E-state index in [9.17, 15) is 4.89 Å². The molecule has 0 aliphatic carbocycles. The van der Waals surface area contributed by atoms with Crippen molar-refractivity contribution in [1.82, 2.24) is 0 Å². The van der Waals surface area contributed by atoms with Gasteiger partial charge in [0.05, 0.1) is 0 Å². The minimum Gasteiger partial charge on any atom is -0.347 e. The largest absolute Gasteiger partial charge is 0.347 e. The summed E-state index contributed by atoms with van der Waals surface area (Å²) in [5.74, 6) is 0. The highest BCUT2D eigenvalue weighted by molar-refractivity contribution is 8.13. The second-order valence-electron chi connectivity index (χ2n) is 2.02. The maximum Gasteiger partial charge on any atom is 0.194 e. The third kappa shape index (κ3) is 4.14. The molecule has 0 radical (unpaired) electrons. The van der Waals surface area contributed by atoms with Crippen molar-refractivity contribution in [3.8, 4) is 0 Å². The van der Waals surface area contributed by atoms with Crippen LogP contribution in [0.4, 0.5) is 0 Å². The zero-order valence-electron chi connectivity index (χ0n) is 5.64. The van der Waals surface area contributed by atoms with E-state index in [-0.39, 0.29) is 5.66 Å². The summed E-state index contributed by atoms with van der Waals surface area (Å²) in [4.78, 5) is 17.9. The standard InChI is InChI=1S/C3H10O3P2S2/c1-3(2)8(5,10)6-7(4)9/h3,7H,1-2H3,(H,4,9)(H,5,10). The Hall–Kier alpha value is 1.18. The van der Waals surface area contributed by atoms with Gasteiger partial charge in [0.15, 0.2) is 13.6 Å². The Kier molecular flexibility index (Phi) is 4.77. The van der Waals surface area contributed by atoms with E-state index in [4.69, 9.17) is 4.89 Å². The van der Waals surface area contributed by atoms with Crippen LogP contribution in [0.1, 0.15) is 13.8 Å². The Morgan fingerprint density at radius 1 is 1.60 bits per heavy atom. The van der Waals surface area contributed by atoms with Crippen LogP contribution < -0.4 is 0 Å². The third-order valence-electron chi connectivity index (χ3n) is 0.861. The lowest BCUT2D eigenvalue weighted by Crippen LogP contribution is -1.96. The van der Waals surface area contributed by atoms with Gasteiger partial charge in [-0.25, -0.2) is 0 Å². The highest BCUT2D eigenvalue weighted by atomic mass is 32.5. The molecule has 0 bridgehead atoms. The normalized spacial score (nSPS) is 20.5. The van der Waals surface area contributed by atoms with Crippen molar-refractivity contribution in [2.45, 2.75) is 19.5 Å². The van der Waals surface area contributed by atoms with Crippen molar-refractivity contribution in [3.05, 3.63) is 0 Å². The third-order valence-corrected chi connectivity index (χ3v) is 6.44. The van der Waals surface area contributed by atoms with E-state index in [1.807, 2.05) is 0 Å². The van der Waals surface area contributed by atoms with E-state index in [2.05, 4.69) is 27.9 Å². The number of hydrogen-bond donors (Lipinski definition) is 2. The molecule has 0 aliphatic rings. The molecule has 2 N–H and O–H groups in total. The van der Waals surface area contributed by atoms with Crippen LogP contribution >= 0.6 is 13.6 Å². The van der Waals surface area contributed by atoms with Crippen LogP contribution in [-0.2, 0) is 27.9 Å². The van der Waals surface area contributed by atoms with Crippen molar-refractivity contribution < 1.29 is 14.1 Å². The minimum atomic E-state index is -2.80. The Bertz CT molecular complexity index is 181. The lowest BCUT2D eigenvalue weighted by Gasteiger charge is -2.17. The molecule has 0 fully saturated rings. The molecule has 0 aromatic carbocycles. The molecule has 0 aromatic heterocycles. The van der Waals surface area contributed by atoms with Gasteiger partial charge in [-0.05, 0) is 23.6 Å². The summed E-state index contributed by atoms with van der Waals surface area (Å²) in [5, 5.41) is 0. The SMILES string of the molecule is CC(C)P(O)(=S)O[PH](O)=S. The molecular formula is C3H10O3P2S2. The van der Waals surface area contributed by atoms with Crippen LogP contribution in [-0.4, -0.2) is 15.4 Å². The van der Waals surface area contributed by atoms with Crippen molar-refractivity contribution in [1.29, 1.82) is 0 Å². The van der Waals surface area contributed by atoms with Gasteiger partial charge in [0.2, 0.25) is 0 Å². The summed E-state index contributed by atoms with van der Waals surface area (Å²) >= 11 is 9.07. The van der Waals surface area contributed by atoms with E-state index in [1.54, 1.807) is 13.8 Å². The molecule has 2 unspecified atom stereocenters. The van der Waals surface area contributed by atoms with Crippen LogP contribution in [0.5, 0.6) is 0 Å². The molecule has 0 spiro atoms. The molecule has 0 amide bonds. The summed E-state index contributed by atoms with van der Waals surface area (Å²) in [6.45, 7) is 0.678. The molecule has 0 saturated carbocycles. The van der Waals surface area contributed by atoms with E-state index < -0.39 is 13.6 Å². The summed E-state index contributed by atoms with van der Waals surface area (Å²) in [6, 6.07) is 0. The molecule has 7 heteroatoms. The molecule has 3 nitrogen and oxygen atoms in total. The molecule has 0 aliphatic heterocycles.